The fourth-order valence-electron chi connectivity index (χ4n) is 1.94. The Morgan fingerprint density at radius 3 is 2.27 bits per heavy atom. The van der Waals surface area contributed by atoms with Gasteiger partial charge in [0.25, 0.3) is 0 Å². The van der Waals surface area contributed by atoms with Crippen molar-refractivity contribution in [2.24, 2.45) is 0 Å². The number of aromatic nitrogens is 1. The van der Waals surface area contributed by atoms with Gasteiger partial charge in [0.2, 0.25) is 0 Å². The average molecular weight is 316 g/mol. The molecule has 2 rings (SSSR count). The van der Waals surface area contributed by atoms with Crippen LogP contribution in [-0.2, 0) is 0 Å². The molecule has 1 heterocycles. The van der Waals surface area contributed by atoms with Crippen molar-refractivity contribution in [3.63, 3.8) is 0 Å². The molecule has 1 aromatic heterocycles. The second-order valence-corrected chi connectivity index (χ2v) is 5.27. The highest BCUT2D eigenvalue weighted by Crippen LogP contribution is 2.36. The van der Waals surface area contributed by atoms with Gasteiger partial charge in [-0.1, -0.05) is 0 Å². The Morgan fingerprint density at radius 2 is 1.77 bits per heavy atom. The Hall–Kier alpha value is -2.52. The number of methoxy groups -OCH3 is 3. The molecule has 1 aromatic carbocycles. The van der Waals surface area contributed by atoms with Crippen LogP contribution in [0.1, 0.15) is 16.3 Å². The number of nitrogens with zero attached hydrogens (tertiary/aromatic N) is 2. The lowest BCUT2D eigenvalue weighted by molar-refractivity contribution is 0.348. The van der Waals surface area contributed by atoms with Crippen LogP contribution in [0.15, 0.2) is 17.5 Å². The first-order valence-corrected chi connectivity index (χ1v) is 7.35. The van der Waals surface area contributed by atoms with E-state index in [1.807, 2.05) is 12.3 Å². The van der Waals surface area contributed by atoms with Crippen LogP contribution in [0.5, 0.6) is 17.2 Å². The first kappa shape index (κ1) is 15.9. The van der Waals surface area contributed by atoms with E-state index in [0.717, 1.165) is 11.3 Å². The quantitative estimate of drug-likeness (QED) is 0.789. The topological polar surface area (TPSA) is 64.4 Å². The standard InChI is InChI=1S/C16H16N2O3S/c1-10-9-22-16(18-10)12(8-17)5-11-6-14(20-3)15(21-4)7-13(11)19-2/h5-7,9H,1-4H3/b12-5-. The molecule has 0 spiro atoms. The molecule has 22 heavy (non-hydrogen) atoms. The summed E-state index contributed by atoms with van der Waals surface area (Å²) in [5, 5.41) is 12.0. The SMILES string of the molecule is COc1cc(OC)c(OC)cc1/C=C(/C#N)c1nc(C)cs1. The zero-order valence-electron chi connectivity index (χ0n) is 12.8. The number of hydrogen-bond donors (Lipinski definition) is 0. The van der Waals surface area contributed by atoms with Crippen molar-refractivity contribution in [3.05, 3.63) is 33.8 Å². The van der Waals surface area contributed by atoms with Gasteiger partial charge in [-0.3, -0.25) is 0 Å². The Bertz CT molecular complexity index is 744. The Morgan fingerprint density at radius 1 is 1.14 bits per heavy atom. The van der Waals surface area contributed by atoms with Gasteiger partial charge in [0.15, 0.2) is 11.5 Å². The lowest BCUT2D eigenvalue weighted by Gasteiger charge is -2.12. The van der Waals surface area contributed by atoms with Crippen molar-refractivity contribution >= 4 is 23.0 Å². The molecule has 0 radical (unpaired) electrons. The predicted molar refractivity (Wildman–Crippen MR) is 86.4 cm³/mol. The molecule has 0 aliphatic carbocycles. The molecule has 0 fully saturated rings. The molecule has 5 nitrogen and oxygen atoms in total. The Labute approximate surface area is 133 Å². The minimum atomic E-state index is 0.476. The van der Waals surface area contributed by atoms with Crippen LogP contribution in [0, 0.1) is 18.3 Å². The number of nitriles is 1. The highest BCUT2D eigenvalue weighted by Gasteiger charge is 2.13. The molecule has 0 N–H and O–H groups in total. The number of aryl methyl sites for hydroxylation is 1. The van der Waals surface area contributed by atoms with Gasteiger partial charge in [0, 0.05) is 22.7 Å². The number of rotatable bonds is 5. The van der Waals surface area contributed by atoms with Crippen molar-refractivity contribution in [2.45, 2.75) is 6.92 Å². The number of thiazole rings is 1. The molecule has 0 aliphatic rings. The number of ether oxygens (including phenoxy) is 3. The number of benzene rings is 1. The second kappa shape index (κ2) is 6.96. The summed E-state index contributed by atoms with van der Waals surface area (Å²) >= 11 is 1.43. The first-order chi connectivity index (χ1) is 10.6. The van der Waals surface area contributed by atoms with E-state index in [1.165, 1.54) is 11.3 Å². The molecule has 0 atom stereocenters. The second-order valence-electron chi connectivity index (χ2n) is 4.41. The summed E-state index contributed by atoms with van der Waals surface area (Å²) in [6.45, 7) is 1.89. The van der Waals surface area contributed by atoms with Crippen LogP contribution in [0.4, 0.5) is 0 Å². The van der Waals surface area contributed by atoms with Crippen LogP contribution in [0.3, 0.4) is 0 Å². The van der Waals surface area contributed by atoms with E-state index in [0.29, 0.717) is 27.8 Å². The van der Waals surface area contributed by atoms with E-state index >= 15 is 0 Å². The smallest absolute Gasteiger partial charge is 0.164 e. The number of allylic oxidation sites excluding steroid dienone is 1. The minimum Gasteiger partial charge on any atom is -0.496 e. The summed E-state index contributed by atoms with van der Waals surface area (Å²) in [6.07, 6.45) is 1.74. The van der Waals surface area contributed by atoms with Gasteiger partial charge in [-0.05, 0) is 19.1 Å². The van der Waals surface area contributed by atoms with Crippen LogP contribution in [0.2, 0.25) is 0 Å². The predicted octanol–water partition coefficient (Wildman–Crippen LogP) is 3.54. The van der Waals surface area contributed by atoms with Gasteiger partial charge in [-0.25, -0.2) is 4.98 Å². The maximum atomic E-state index is 9.39. The zero-order valence-corrected chi connectivity index (χ0v) is 13.7. The van der Waals surface area contributed by atoms with E-state index < -0.39 is 0 Å². The highest BCUT2D eigenvalue weighted by atomic mass is 32.1. The maximum Gasteiger partial charge on any atom is 0.164 e. The van der Waals surface area contributed by atoms with Gasteiger partial charge in [-0.2, -0.15) is 5.26 Å². The number of hydrogen-bond acceptors (Lipinski definition) is 6. The molecule has 6 heteroatoms. The third kappa shape index (κ3) is 3.21. The summed E-state index contributed by atoms with van der Waals surface area (Å²) < 4.78 is 15.9. The summed E-state index contributed by atoms with van der Waals surface area (Å²) in [5.74, 6) is 1.74. The fraction of sp³-hybridized carbons (Fsp3) is 0.250. The van der Waals surface area contributed by atoms with Crippen molar-refractivity contribution in [2.75, 3.05) is 21.3 Å². The summed E-state index contributed by atoms with van der Waals surface area (Å²) in [4.78, 5) is 4.34. The monoisotopic (exact) mass is 316 g/mol. The van der Waals surface area contributed by atoms with E-state index in [9.17, 15) is 5.26 Å². The lowest BCUT2D eigenvalue weighted by Crippen LogP contribution is -1.95. The van der Waals surface area contributed by atoms with E-state index in [1.54, 1.807) is 39.5 Å². The van der Waals surface area contributed by atoms with Gasteiger partial charge in [-0.15, -0.1) is 11.3 Å². The molecule has 0 bridgehead atoms. The summed E-state index contributed by atoms with van der Waals surface area (Å²) in [7, 11) is 4.69. The Balaban J connectivity index is 2.55. The van der Waals surface area contributed by atoms with E-state index in [4.69, 9.17) is 14.2 Å². The molecule has 0 amide bonds. The van der Waals surface area contributed by atoms with Gasteiger partial charge in [0.05, 0.1) is 26.9 Å². The first-order valence-electron chi connectivity index (χ1n) is 6.47. The normalized spacial score (nSPS) is 11.0. The Kier molecular flexibility index (Phi) is 5.02. The molecule has 0 saturated carbocycles. The zero-order chi connectivity index (χ0) is 16.1. The fourth-order valence-corrected chi connectivity index (χ4v) is 2.70. The van der Waals surface area contributed by atoms with Crippen LogP contribution in [-0.4, -0.2) is 26.3 Å². The lowest BCUT2D eigenvalue weighted by atomic mass is 10.1. The van der Waals surface area contributed by atoms with Gasteiger partial charge < -0.3 is 14.2 Å². The highest BCUT2D eigenvalue weighted by molar-refractivity contribution is 7.11. The van der Waals surface area contributed by atoms with Crippen molar-refractivity contribution in [3.8, 4) is 23.3 Å². The largest absolute Gasteiger partial charge is 0.496 e. The van der Waals surface area contributed by atoms with E-state index in [-0.39, 0.29) is 0 Å². The summed E-state index contributed by atoms with van der Waals surface area (Å²) in [5.41, 5.74) is 2.09. The molecule has 0 saturated heterocycles. The van der Waals surface area contributed by atoms with E-state index in [2.05, 4.69) is 11.1 Å². The molecule has 0 unspecified atom stereocenters. The van der Waals surface area contributed by atoms with Crippen molar-refractivity contribution < 1.29 is 14.2 Å². The molecular weight excluding hydrogens is 300 g/mol. The molecule has 2 aromatic rings. The van der Waals surface area contributed by atoms with Gasteiger partial charge in [0.1, 0.15) is 16.8 Å². The third-order valence-corrected chi connectivity index (χ3v) is 4.00. The third-order valence-electron chi connectivity index (χ3n) is 3.01. The van der Waals surface area contributed by atoms with Crippen LogP contribution in [0.25, 0.3) is 11.6 Å². The molecular formula is C16H16N2O3S. The van der Waals surface area contributed by atoms with Crippen LogP contribution < -0.4 is 14.2 Å². The minimum absolute atomic E-state index is 0.476. The van der Waals surface area contributed by atoms with Crippen molar-refractivity contribution in [1.29, 1.82) is 5.26 Å². The van der Waals surface area contributed by atoms with Crippen molar-refractivity contribution in [1.82, 2.24) is 4.98 Å². The summed E-state index contributed by atoms with van der Waals surface area (Å²) in [6, 6.07) is 5.68. The maximum absolute atomic E-state index is 9.39. The average Bonchev–Trinajstić information content (AvgIpc) is 2.97. The van der Waals surface area contributed by atoms with Crippen LogP contribution >= 0.6 is 11.3 Å². The molecule has 114 valence electrons. The van der Waals surface area contributed by atoms with Gasteiger partial charge >= 0.3 is 0 Å². The molecule has 0 aliphatic heterocycles.